The Labute approximate surface area is 202 Å². The number of carbonyl (C=O) groups excluding carboxylic acids is 1. The first-order valence-corrected chi connectivity index (χ1v) is 12.1. The van der Waals surface area contributed by atoms with Crippen molar-refractivity contribution < 1.29 is 9.53 Å². The van der Waals surface area contributed by atoms with Crippen molar-refractivity contribution in [2.24, 2.45) is 0 Å². The number of rotatable bonds is 8. The third-order valence-electron chi connectivity index (χ3n) is 6.47. The number of aryl methyl sites for hydroxylation is 2. The number of benzene rings is 2. The first-order valence-electron chi connectivity index (χ1n) is 12.1. The van der Waals surface area contributed by atoms with E-state index in [-0.39, 0.29) is 12.5 Å². The largest absolute Gasteiger partial charge is 0.484 e. The second-order valence-electron chi connectivity index (χ2n) is 9.25. The van der Waals surface area contributed by atoms with Gasteiger partial charge in [0.2, 0.25) is 5.95 Å². The third-order valence-corrected chi connectivity index (χ3v) is 6.47. The number of hydrogen-bond donors (Lipinski definition) is 1. The molecule has 0 bridgehead atoms. The Kier molecular flexibility index (Phi) is 7.63. The van der Waals surface area contributed by atoms with Crippen LogP contribution in [0.2, 0.25) is 0 Å². The van der Waals surface area contributed by atoms with E-state index in [4.69, 9.17) is 14.7 Å². The Balaban J connectivity index is 1.37. The Morgan fingerprint density at radius 2 is 1.85 bits per heavy atom. The summed E-state index contributed by atoms with van der Waals surface area (Å²) in [5.74, 6) is 1.29. The molecule has 1 amide bonds. The summed E-state index contributed by atoms with van der Waals surface area (Å²) in [6.45, 7) is 6.04. The molecule has 0 unspecified atom stereocenters. The number of anilines is 2. The number of aromatic nitrogens is 2. The van der Waals surface area contributed by atoms with E-state index in [1.165, 1.54) is 5.56 Å². The molecule has 7 heteroatoms. The van der Waals surface area contributed by atoms with Crippen molar-refractivity contribution in [3.05, 3.63) is 53.7 Å². The fraction of sp³-hybridized carbons (Fsp3) is 0.444. The van der Waals surface area contributed by atoms with Crippen LogP contribution in [0.3, 0.4) is 0 Å². The fourth-order valence-electron chi connectivity index (χ4n) is 4.45. The zero-order valence-electron chi connectivity index (χ0n) is 20.7. The number of piperidine rings is 1. The quantitative estimate of drug-likeness (QED) is 0.535. The summed E-state index contributed by atoms with van der Waals surface area (Å²) < 4.78 is 5.64. The molecule has 1 aliphatic rings. The molecule has 0 spiro atoms. The van der Waals surface area contributed by atoms with Crippen molar-refractivity contribution >= 4 is 28.4 Å². The molecule has 34 heavy (non-hydrogen) atoms. The Bertz CT molecular complexity index is 1120. The van der Waals surface area contributed by atoms with Gasteiger partial charge in [0.05, 0.1) is 11.2 Å². The van der Waals surface area contributed by atoms with Gasteiger partial charge in [0, 0.05) is 30.2 Å². The molecule has 1 aliphatic heterocycles. The van der Waals surface area contributed by atoms with Gasteiger partial charge in [-0.25, -0.2) is 9.97 Å². The molecule has 1 fully saturated rings. The maximum absolute atomic E-state index is 12.4. The molecule has 0 aliphatic carbocycles. The Hall–Kier alpha value is -3.19. The van der Waals surface area contributed by atoms with E-state index in [9.17, 15) is 4.79 Å². The minimum atomic E-state index is -0.198. The molecule has 1 aromatic heterocycles. The predicted octanol–water partition coefficient (Wildman–Crippen LogP) is 4.44. The minimum absolute atomic E-state index is 0.0392. The van der Waals surface area contributed by atoms with Gasteiger partial charge in [-0.05, 0) is 76.2 Å². The van der Waals surface area contributed by atoms with Gasteiger partial charge in [0.1, 0.15) is 5.75 Å². The highest BCUT2D eigenvalue weighted by Gasteiger charge is 2.22. The number of nitrogens with zero attached hydrogens (tertiary/aromatic N) is 4. The molecule has 4 rings (SSSR count). The van der Waals surface area contributed by atoms with E-state index in [0.717, 1.165) is 61.3 Å². The van der Waals surface area contributed by atoms with Gasteiger partial charge in [-0.1, -0.05) is 25.5 Å². The van der Waals surface area contributed by atoms with Crippen LogP contribution in [-0.4, -0.2) is 60.6 Å². The highest BCUT2D eigenvalue weighted by molar-refractivity contribution is 5.95. The summed E-state index contributed by atoms with van der Waals surface area (Å²) in [5.41, 5.74) is 3.78. The minimum Gasteiger partial charge on any atom is -0.484 e. The molecule has 3 aromatic rings. The van der Waals surface area contributed by atoms with Crippen LogP contribution in [0, 0.1) is 6.92 Å². The van der Waals surface area contributed by atoms with Crippen LogP contribution in [0.25, 0.3) is 10.9 Å². The lowest BCUT2D eigenvalue weighted by atomic mass is 10.0. The summed E-state index contributed by atoms with van der Waals surface area (Å²) in [7, 11) is 4.29. The van der Waals surface area contributed by atoms with Crippen LogP contribution in [0.5, 0.6) is 5.75 Å². The van der Waals surface area contributed by atoms with Gasteiger partial charge in [0.15, 0.2) is 6.61 Å². The molecular weight excluding hydrogens is 426 g/mol. The summed E-state index contributed by atoms with van der Waals surface area (Å²) in [4.78, 5) is 26.6. The van der Waals surface area contributed by atoms with Crippen molar-refractivity contribution in [2.75, 3.05) is 44.0 Å². The Morgan fingerprint density at radius 1 is 1.12 bits per heavy atom. The van der Waals surface area contributed by atoms with Gasteiger partial charge in [-0.2, -0.15) is 0 Å². The number of ether oxygens (including phenoxy) is 1. The zero-order chi connectivity index (χ0) is 24.1. The van der Waals surface area contributed by atoms with E-state index in [1.54, 1.807) is 0 Å². The fourth-order valence-corrected chi connectivity index (χ4v) is 4.45. The molecule has 0 atom stereocenters. The molecule has 2 aromatic carbocycles. The van der Waals surface area contributed by atoms with Crippen LogP contribution < -0.4 is 15.0 Å². The molecule has 7 nitrogen and oxygen atoms in total. The topological polar surface area (TPSA) is 70.6 Å². The average Bonchev–Trinajstić information content (AvgIpc) is 2.84. The lowest BCUT2D eigenvalue weighted by molar-refractivity contribution is -0.118. The molecule has 0 saturated carbocycles. The maximum Gasteiger partial charge on any atom is 0.262 e. The van der Waals surface area contributed by atoms with Crippen molar-refractivity contribution in [3.8, 4) is 5.75 Å². The number of amides is 1. The lowest BCUT2D eigenvalue weighted by Crippen LogP contribution is -2.42. The molecule has 180 valence electrons. The smallest absolute Gasteiger partial charge is 0.262 e. The zero-order valence-corrected chi connectivity index (χ0v) is 20.7. The van der Waals surface area contributed by atoms with Crippen LogP contribution in [-0.2, 0) is 11.2 Å². The first kappa shape index (κ1) is 24.0. The monoisotopic (exact) mass is 461 g/mol. The van der Waals surface area contributed by atoms with Crippen LogP contribution in [0.1, 0.15) is 37.4 Å². The van der Waals surface area contributed by atoms with Crippen LogP contribution in [0.15, 0.2) is 42.5 Å². The van der Waals surface area contributed by atoms with Crippen molar-refractivity contribution in [1.82, 2.24) is 14.9 Å². The number of carbonyl (C=O) groups is 1. The van der Waals surface area contributed by atoms with Gasteiger partial charge < -0.3 is 19.9 Å². The molecule has 2 heterocycles. The first-order chi connectivity index (χ1) is 16.4. The summed E-state index contributed by atoms with van der Waals surface area (Å²) in [5, 5.41) is 3.86. The lowest BCUT2D eigenvalue weighted by Gasteiger charge is -2.35. The van der Waals surface area contributed by atoms with E-state index in [1.807, 2.05) is 49.4 Å². The van der Waals surface area contributed by atoms with Gasteiger partial charge in [0.25, 0.3) is 5.91 Å². The second kappa shape index (κ2) is 10.8. The predicted molar refractivity (Wildman–Crippen MR) is 138 cm³/mol. The molecular formula is C27H35N5O2. The van der Waals surface area contributed by atoms with Gasteiger partial charge in [-0.15, -0.1) is 0 Å². The molecule has 0 radical (unpaired) electrons. The van der Waals surface area contributed by atoms with E-state index in [0.29, 0.717) is 17.5 Å². The van der Waals surface area contributed by atoms with E-state index < -0.39 is 0 Å². The average molecular weight is 462 g/mol. The second-order valence-corrected chi connectivity index (χ2v) is 9.25. The SMILES string of the molecule is CCCc1ccc(OCC(=O)Nc2ccc3nc(N4CCC(N(C)C)CC4)nc(C)c3c2)cc1. The van der Waals surface area contributed by atoms with Crippen LogP contribution in [0.4, 0.5) is 11.6 Å². The highest BCUT2D eigenvalue weighted by atomic mass is 16.5. The van der Waals surface area contributed by atoms with E-state index >= 15 is 0 Å². The number of fused-ring (bicyclic) bond motifs is 1. The van der Waals surface area contributed by atoms with Gasteiger partial charge in [-0.3, -0.25) is 4.79 Å². The van der Waals surface area contributed by atoms with Crippen LogP contribution >= 0.6 is 0 Å². The summed E-state index contributed by atoms with van der Waals surface area (Å²) in [6, 6.07) is 14.3. The standard InChI is InChI=1S/C27H35N5O2/c1-5-6-20-7-10-23(11-8-20)34-18-26(33)29-21-9-12-25-24(17-21)19(2)28-27(30-25)32-15-13-22(14-16-32)31(3)4/h7-12,17,22H,5-6,13-16,18H2,1-4H3,(H,29,33). The third kappa shape index (κ3) is 5.83. The van der Waals surface area contributed by atoms with Crippen molar-refractivity contribution in [1.29, 1.82) is 0 Å². The summed E-state index contributed by atoms with van der Waals surface area (Å²) >= 11 is 0. The molecule has 1 saturated heterocycles. The number of hydrogen-bond acceptors (Lipinski definition) is 6. The normalized spacial score (nSPS) is 14.6. The summed E-state index contributed by atoms with van der Waals surface area (Å²) in [6.07, 6.45) is 4.38. The molecule has 1 N–H and O–H groups in total. The van der Waals surface area contributed by atoms with E-state index in [2.05, 4.69) is 36.1 Å². The Morgan fingerprint density at radius 3 is 2.53 bits per heavy atom. The van der Waals surface area contributed by atoms with Gasteiger partial charge >= 0.3 is 0 Å². The maximum atomic E-state index is 12.4. The van der Waals surface area contributed by atoms with Crippen molar-refractivity contribution in [3.63, 3.8) is 0 Å². The highest BCUT2D eigenvalue weighted by Crippen LogP contribution is 2.25. The van der Waals surface area contributed by atoms with Crippen molar-refractivity contribution in [2.45, 2.75) is 45.6 Å². The number of nitrogens with one attached hydrogen (secondary N) is 1.